The number of fused-ring (bicyclic) bond motifs is 5. The van der Waals surface area contributed by atoms with E-state index in [1.54, 1.807) is 7.11 Å². The van der Waals surface area contributed by atoms with E-state index in [4.69, 9.17) is 4.74 Å². The highest BCUT2D eigenvalue weighted by atomic mass is 16.5. The number of carbonyl (C=O) groups is 3. The average molecular weight is 352 g/mol. The van der Waals surface area contributed by atoms with Gasteiger partial charge in [0.15, 0.2) is 5.78 Å². The van der Waals surface area contributed by atoms with Crippen LogP contribution in [0.2, 0.25) is 0 Å². The van der Waals surface area contributed by atoms with Crippen molar-refractivity contribution in [3.05, 3.63) is 42.5 Å². The number of rotatable bonds is 4. The molecule has 4 atom stereocenters. The molecule has 2 fully saturated rings. The summed E-state index contributed by atoms with van der Waals surface area (Å²) in [5, 5.41) is 0. The second-order valence-corrected chi connectivity index (χ2v) is 6.86. The minimum absolute atomic E-state index is 0.110. The molecule has 3 aliphatic heterocycles. The maximum absolute atomic E-state index is 12.9. The number of amides is 2. The minimum Gasteiger partial charge on any atom is -0.497 e. The smallest absolute Gasteiger partial charge is 0.236 e. The summed E-state index contributed by atoms with van der Waals surface area (Å²) < 4.78 is 5.27. The van der Waals surface area contributed by atoms with Gasteiger partial charge in [0.25, 0.3) is 0 Å². The molecule has 0 bridgehead atoms. The van der Waals surface area contributed by atoms with E-state index < -0.39 is 17.9 Å². The molecular formula is C20H20N2O4. The molecular weight excluding hydrogens is 332 g/mol. The SMILES string of the molecule is C=CCN1C(=O)[C@@H]2C(C(C)=O)N3c4ccc(OC)cc4C=CC3[C@@H]2C1=O. The standard InChI is InChI=1S/C20H20N2O4/c1-4-9-21-19(24)16-15-7-5-12-10-13(26-3)6-8-14(12)22(15)18(11(2)23)17(16)20(21)25/h4-8,10,15-18H,1,9H2,2-3H3/t15?,16-,17-,18?/m0/s1. The third-order valence-electron chi connectivity index (χ3n) is 5.53. The number of ether oxygens (including phenoxy) is 1. The van der Waals surface area contributed by atoms with E-state index in [1.807, 2.05) is 35.3 Å². The van der Waals surface area contributed by atoms with E-state index in [1.165, 1.54) is 17.9 Å². The van der Waals surface area contributed by atoms with Crippen molar-refractivity contribution in [2.75, 3.05) is 18.6 Å². The zero-order chi connectivity index (χ0) is 18.6. The number of anilines is 1. The van der Waals surface area contributed by atoms with Gasteiger partial charge in [-0.2, -0.15) is 0 Å². The van der Waals surface area contributed by atoms with Gasteiger partial charge in [-0.1, -0.05) is 18.2 Å². The Bertz CT molecular complexity index is 859. The molecule has 26 heavy (non-hydrogen) atoms. The van der Waals surface area contributed by atoms with Gasteiger partial charge in [0.1, 0.15) is 11.8 Å². The lowest BCUT2D eigenvalue weighted by molar-refractivity contribution is -0.140. The van der Waals surface area contributed by atoms with Crippen LogP contribution in [0.15, 0.2) is 36.9 Å². The van der Waals surface area contributed by atoms with Crippen molar-refractivity contribution in [3.8, 4) is 5.75 Å². The lowest BCUT2D eigenvalue weighted by Gasteiger charge is -2.36. The fraction of sp³-hybridized carbons (Fsp3) is 0.350. The summed E-state index contributed by atoms with van der Waals surface area (Å²) >= 11 is 0. The van der Waals surface area contributed by atoms with Crippen molar-refractivity contribution >= 4 is 29.4 Å². The topological polar surface area (TPSA) is 66.9 Å². The van der Waals surface area contributed by atoms with Crippen LogP contribution in [0.25, 0.3) is 6.08 Å². The maximum atomic E-state index is 12.9. The molecule has 6 nitrogen and oxygen atoms in total. The Balaban J connectivity index is 1.83. The van der Waals surface area contributed by atoms with Crippen LogP contribution in [0.3, 0.4) is 0 Å². The Hall–Kier alpha value is -2.89. The van der Waals surface area contributed by atoms with Crippen molar-refractivity contribution < 1.29 is 19.1 Å². The van der Waals surface area contributed by atoms with Gasteiger partial charge in [-0.15, -0.1) is 6.58 Å². The number of benzene rings is 1. The van der Waals surface area contributed by atoms with Crippen LogP contribution < -0.4 is 9.64 Å². The molecule has 0 spiro atoms. The van der Waals surface area contributed by atoms with Gasteiger partial charge in [-0.05, 0) is 25.1 Å². The van der Waals surface area contributed by atoms with Crippen molar-refractivity contribution in [1.82, 2.24) is 4.90 Å². The normalized spacial score (nSPS) is 28.7. The number of carbonyl (C=O) groups excluding carboxylic acids is 3. The molecule has 0 N–H and O–H groups in total. The van der Waals surface area contributed by atoms with Crippen LogP contribution in [0, 0.1) is 11.8 Å². The molecule has 3 aliphatic rings. The number of nitrogens with zero attached hydrogens (tertiary/aromatic N) is 2. The fourth-order valence-electron chi connectivity index (χ4n) is 4.51. The van der Waals surface area contributed by atoms with E-state index in [0.29, 0.717) is 0 Å². The maximum Gasteiger partial charge on any atom is 0.236 e. The molecule has 0 aliphatic carbocycles. The molecule has 2 amide bonds. The Kier molecular flexibility index (Phi) is 3.72. The number of Topliss-reactive ketones (excluding diaryl/α,β-unsaturated/α-hetero) is 1. The van der Waals surface area contributed by atoms with E-state index in [-0.39, 0.29) is 30.2 Å². The molecule has 1 aromatic carbocycles. The Morgan fingerprint density at radius 2 is 2.00 bits per heavy atom. The van der Waals surface area contributed by atoms with Gasteiger partial charge < -0.3 is 9.64 Å². The molecule has 0 saturated carbocycles. The number of ketones is 1. The predicted molar refractivity (Wildman–Crippen MR) is 96.7 cm³/mol. The monoisotopic (exact) mass is 352 g/mol. The highest BCUT2D eigenvalue weighted by molar-refractivity contribution is 6.11. The van der Waals surface area contributed by atoms with Gasteiger partial charge in [0, 0.05) is 17.8 Å². The van der Waals surface area contributed by atoms with Crippen molar-refractivity contribution in [3.63, 3.8) is 0 Å². The zero-order valence-electron chi connectivity index (χ0n) is 14.7. The third-order valence-corrected chi connectivity index (χ3v) is 5.53. The first-order valence-electron chi connectivity index (χ1n) is 8.60. The first-order chi connectivity index (χ1) is 12.5. The number of methoxy groups -OCH3 is 1. The summed E-state index contributed by atoms with van der Waals surface area (Å²) in [5.74, 6) is -1.08. The van der Waals surface area contributed by atoms with Crippen LogP contribution >= 0.6 is 0 Å². The molecule has 2 unspecified atom stereocenters. The van der Waals surface area contributed by atoms with Gasteiger partial charge in [0.2, 0.25) is 11.8 Å². The largest absolute Gasteiger partial charge is 0.497 e. The number of hydrogen-bond donors (Lipinski definition) is 0. The second-order valence-electron chi connectivity index (χ2n) is 6.86. The summed E-state index contributed by atoms with van der Waals surface area (Å²) in [7, 11) is 1.60. The van der Waals surface area contributed by atoms with E-state index >= 15 is 0 Å². The van der Waals surface area contributed by atoms with Crippen LogP contribution in [0.1, 0.15) is 12.5 Å². The van der Waals surface area contributed by atoms with E-state index in [9.17, 15) is 14.4 Å². The first-order valence-corrected chi connectivity index (χ1v) is 8.60. The third kappa shape index (κ3) is 2.08. The lowest BCUT2D eigenvalue weighted by atomic mass is 9.88. The minimum atomic E-state index is -0.650. The summed E-state index contributed by atoms with van der Waals surface area (Å²) in [6.07, 6.45) is 5.40. The Morgan fingerprint density at radius 1 is 1.27 bits per heavy atom. The molecule has 0 radical (unpaired) electrons. The summed E-state index contributed by atoms with van der Waals surface area (Å²) in [4.78, 5) is 41.4. The molecule has 4 rings (SSSR count). The number of likely N-dealkylation sites (tertiary alicyclic amines) is 1. The Morgan fingerprint density at radius 3 is 2.65 bits per heavy atom. The quantitative estimate of drug-likeness (QED) is 0.609. The van der Waals surface area contributed by atoms with Gasteiger partial charge >= 0.3 is 0 Å². The summed E-state index contributed by atoms with van der Waals surface area (Å²) in [5.41, 5.74) is 1.76. The average Bonchev–Trinajstić information content (AvgIpc) is 3.10. The Labute approximate surface area is 151 Å². The fourth-order valence-corrected chi connectivity index (χ4v) is 4.51. The van der Waals surface area contributed by atoms with Crippen molar-refractivity contribution in [2.24, 2.45) is 11.8 Å². The van der Waals surface area contributed by atoms with Crippen LogP contribution in [-0.2, 0) is 14.4 Å². The number of imide groups is 1. The summed E-state index contributed by atoms with van der Waals surface area (Å²) in [6.45, 7) is 5.29. The van der Waals surface area contributed by atoms with Gasteiger partial charge in [-0.3, -0.25) is 19.3 Å². The van der Waals surface area contributed by atoms with Crippen LogP contribution in [0.5, 0.6) is 5.75 Å². The predicted octanol–water partition coefficient (Wildman–Crippen LogP) is 1.66. The first kappa shape index (κ1) is 16.6. The van der Waals surface area contributed by atoms with Crippen LogP contribution in [0.4, 0.5) is 5.69 Å². The molecule has 2 saturated heterocycles. The molecule has 3 heterocycles. The van der Waals surface area contributed by atoms with Crippen LogP contribution in [-0.4, -0.2) is 48.2 Å². The van der Waals surface area contributed by atoms with Gasteiger partial charge in [0.05, 0.1) is 25.0 Å². The molecule has 6 heteroatoms. The lowest BCUT2D eigenvalue weighted by Crippen LogP contribution is -2.48. The van der Waals surface area contributed by atoms with E-state index in [2.05, 4.69) is 6.58 Å². The summed E-state index contributed by atoms with van der Waals surface area (Å²) in [6, 6.07) is 4.65. The van der Waals surface area contributed by atoms with Crippen molar-refractivity contribution in [1.29, 1.82) is 0 Å². The van der Waals surface area contributed by atoms with Gasteiger partial charge in [-0.25, -0.2) is 0 Å². The highest BCUT2D eigenvalue weighted by Gasteiger charge is 2.63. The second kappa shape index (κ2) is 5.83. The van der Waals surface area contributed by atoms with Crippen molar-refractivity contribution in [2.45, 2.75) is 19.0 Å². The molecule has 0 aromatic heterocycles. The van der Waals surface area contributed by atoms with E-state index in [0.717, 1.165) is 17.0 Å². The number of hydrogen-bond acceptors (Lipinski definition) is 5. The zero-order valence-corrected chi connectivity index (χ0v) is 14.7. The molecule has 1 aromatic rings. The molecule has 134 valence electrons. The highest BCUT2D eigenvalue weighted by Crippen LogP contribution is 2.48.